The highest BCUT2D eigenvalue weighted by molar-refractivity contribution is 4.57. The highest BCUT2D eigenvalue weighted by Crippen LogP contribution is 1.95. The molecule has 0 rings (SSSR count). The van der Waals surface area contributed by atoms with Crippen LogP contribution in [0, 0.1) is 10.4 Å². The van der Waals surface area contributed by atoms with Gasteiger partial charge in [-0.1, -0.05) is 0 Å². The molecule has 0 aliphatic heterocycles. The summed E-state index contributed by atoms with van der Waals surface area (Å²) in [7, 11) is 1.17. The van der Waals surface area contributed by atoms with E-state index in [0.29, 0.717) is 5.17 Å². The van der Waals surface area contributed by atoms with E-state index in [2.05, 4.69) is 0 Å². The van der Waals surface area contributed by atoms with E-state index in [1.807, 2.05) is 0 Å². The average Bonchev–Trinajstić information content (AvgIpc) is 1.64. The summed E-state index contributed by atoms with van der Waals surface area (Å²) in [5.74, 6) is 0. The minimum absolute atomic E-state index is 0.266. The highest BCUT2D eigenvalue weighted by Gasteiger charge is 1.91. The minimum Gasteiger partial charge on any atom is -0.772 e. The SMILES string of the molecule is CC(C)N([O-])N(C)[O-]. The van der Waals surface area contributed by atoms with Crippen molar-refractivity contribution in [2.24, 2.45) is 0 Å². The molecular weight excluding hydrogens is 108 g/mol. The van der Waals surface area contributed by atoms with Crippen molar-refractivity contribution in [1.29, 1.82) is 0 Å². The molecule has 0 aliphatic carbocycles. The molecule has 50 valence electrons. The number of hydrazine groups is 1. The second-order valence-corrected chi connectivity index (χ2v) is 1.86. The smallest absolute Gasteiger partial charge is 0.00436 e. The molecule has 0 aliphatic rings. The zero-order chi connectivity index (χ0) is 6.73. The number of hydrogen-bond acceptors (Lipinski definition) is 4. The number of nitrogens with zero attached hydrogens (tertiary/aromatic N) is 2. The molecule has 0 spiro atoms. The molecule has 0 fully saturated rings. The van der Waals surface area contributed by atoms with Gasteiger partial charge in [0.05, 0.1) is 0 Å². The standard InChI is InChI=1S/C4H10N2O2/c1-4(2)6(8)5(3)7/h4H,1-3H3/q-2. The fourth-order valence-corrected chi connectivity index (χ4v) is 0.325. The molecule has 0 aromatic rings. The molecule has 0 saturated heterocycles. The van der Waals surface area contributed by atoms with Crippen LogP contribution < -0.4 is 0 Å². The van der Waals surface area contributed by atoms with Crippen molar-refractivity contribution in [3.05, 3.63) is 10.4 Å². The van der Waals surface area contributed by atoms with Crippen LogP contribution in [0.25, 0.3) is 0 Å². The van der Waals surface area contributed by atoms with Gasteiger partial charge in [-0.15, -0.1) is 0 Å². The van der Waals surface area contributed by atoms with Gasteiger partial charge in [0.2, 0.25) is 0 Å². The van der Waals surface area contributed by atoms with E-state index in [9.17, 15) is 10.4 Å². The molecule has 0 aromatic carbocycles. The minimum atomic E-state index is -0.266. The van der Waals surface area contributed by atoms with E-state index in [0.717, 1.165) is 0 Å². The Balaban J connectivity index is 3.46. The summed E-state index contributed by atoms with van der Waals surface area (Å²) in [5, 5.41) is 21.1. The van der Waals surface area contributed by atoms with Gasteiger partial charge in [-0.25, -0.2) is 0 Å². The van der Waals surface area contributed by atoms with E-state index in [1.165, 1.54) is 7.05 Å². The third kappa shape index (κ3) is 2.23. The summed E-state index contributed by atoms with van der Waals surface area (Å²) < 4.78 is 0. The van der Waals surface area contributed by atoms with Crippen LogP contribution in [0.4, 0.5) is 0 Å². The number of hydroxylamine groups is 2. The van der Waals surface area contributed by atoms with Crippen LogP contribution in [-0.2, 0) is 0 Å². The molecule has 0 atom stereocenters. The van der Waals surface area contributed by atoms with Crippen molar-refractivity contribution in [3.63, 3.8) is 0 Å². The first-order chi connectivity index (χ1) is 3.55. The van der Waals surface area contributed by atoms with Crippen LogP contribution >= 0.6 is 0 Å². The fraction of sp³-hybridized carbons (Fsp3) is 1.00. The van der Waals surface area contributed by atoms with Crippen molar-refractivity contribution >= 4 is 0 Å². The van der Waals surface area contributed by atoms with Crippen molar-refractivity contribution in [3.8, 4) is 0 Å². The predicted octanol–water partition coefficient (Wildman–Crippen LogP) is 0.539. The summed E-state index contributed by atoms with van der Waals surface area (Å²) in [5.41, 5.74) is 0. The van der Waals surface area contributed by atoms with Crippen molar-refractivity contribution in [2.75, 3.05) is 7.05 Å². The lowest BCUT2D eigenvalue weighted by atomic mass is 10.4. The third-order valence-corrected chi connectivity index (χ3v) is 0.719. The van der Waals surface area contributed by atoms with Crippen LogP contribution in [0.1, 0.15) is 13.8 Å². The first-order valence-corrected chi connectivity index (χ1v) is 2.43. The van der Waals surface area contributed by atoms with E-state index in [1.54, 1.807) is 13.8 Å². The second kappa shape index (κ2) is 2.99. The molecule has 0 saturated carbocycles. The fourth-order valence-electron chi connectivity index (χ4n) is 0.325. The maximum absolute atomic E-state index is 10.4. The quantitative estimate of drug-likeness (QED) is 0.496. The maximum atomic E-state index is 10.4. The van der Waals surface area contributed by atoms with Crippen LogP contribution in [-0.4, -0.2) is 23.4 Å². The van der Waals surface area contributed by atoms with Crippen molar-refractivity contribution in [2.45, 2.75) is 19.9 Å². The molecule has 0 bridgehead atoms. The van der Waals surface area contributed by atoms with Gasteiger partial charge < -0.3 is 20.8 Å². The summed E-state index contributed by atoms with van der Waals surface area (Å²) in [6, 6.07) is -0.266. The molecule has 0 amide bonds. The monoisotopic (exact) mass is 118 g/mol. The van der Waals surface area contributed by atoms with Crippen LogP contribution in [0.2, 0.25) is 0 Å². The van der Waals surface area contributed by atoms with Crippen molar-refractivity contribution < 1.29 is 0 Å². The Labute approximate surface area is 48.8 Å². The maximum Gasteiger partial charge on any atom is 0.00436 e. The molecule has 4 nitrogen and oxygen atoms in total. The molecule has 8 heavy (non-hydrogen) atoms. The van der Waals surface area contributed by atoms with Gasteiger partial charge in [-0.2, -0.15) is 0 Å². The Morgan fingerprint density at radius 3 is 1.62 bits per heavy atom. The number of hydrogen-bond donors (Lipinski definition) is 0. The average molecular weight is 118 g/mol. The molecule has 0 radical (unpaired) electrons. The first kappa shape index (κ1) is 7.84. The Bertz CT molecular complexity index is 57.1. The van der Waals surface area contributed by atoms with Gasteiger partial charge in [0.25, 0.3) is 0 Å². The molecule has 4 heteroatoms. The van der Waals surface area contributed by atoms with Gasteiger partial charge in [0.15, 0.2) is 0 Å². The molecular formula is C4H10N2O2-2. The normalized spacial score (nSPS) is 12.0. The summed E-state index contributed by atoms with van der Waals surface area (Å²) in [6.45, 7) is 3.31. The number of rotatable bonds is 2. The van der Waals surface area contributed by atoms with Gasteiger partial charge in [0, 0.05) is 6.04 Å². The van der Waals surface area contributed by atoms with E-state index in [4.69, 9.17) is 0 Å². The summed E-state index contributed by atoms with van der Waals surface area (Å²) in [6.07, 6.45) is 0. The van der Waals surface area contributed by atoms with Gasteiger partial charge in [-0.3, -0.25) is 0 Å². The topological polar surface area (TPSA) is 52.6 Å². The van der Waals surface area contributed by atoms with E-state index in [-0.39, 0.29) is 11.2 Å². The predicted molar refractivity (Wildman–Crippen MR) is 31.5 cm³/mol. The Morgan fingerprint density at radius 1 is 1.25 bits per heavy atom. The Kier molecular flexibility index (Phi) is 2.93. The zero-order valence-corrected chi connectivity index (χ0v) is 5.29. The van der Waals surface area contributed by atoms with Crippen LogP contribution in [0.15, 0.2) is 0 Å². The van der Waals surface area contributed by atoms with E-state index < -0.39 is 0 Å². The summed E-state index contributed by atoms with van der Waals surface area (Å²) in [4.78, 5) is 0. The van der Waals surface area contributed by atoms with Crippen LogP contribution in [0.3, 0.4) is 0 Å². The Hall–Kier alpha value is -0.160. The molecule has 0 N–H and O–H groups in total. The lowest BCUT2D eigenvalue weighted by Crippen LogP contribution is -2.35. The van der Waals surface area contributed by atoms with Gasteiger partial charge in [-0.05, 0) is 20.9 Å². The highest BCUT2D eigenvalue weighted by atomic mass is 16.7. The zero-order valence-electron chi connectivity index (χ0n) is 5.29. The van der Waals surface area contributed by atoms with Gasteiger partial charge >= 0.3 is 0 Å². The third-order valence-electron chi connectivity index (χ3n) is 0.719. The first-order valence-electron chi connectivity index (χ1n) is 2.43. The second-order valence-electron chi connectivity index (χ2n) is 1.86. The summed E-state index contributed by atoms with van der Waals surface area (Å²) >= 11 is 0. The molecule has 0 heterocycles. The lowest BCUT2D eigenvalue weighted by Gasteiger charge is -2.45. The largest absolute Gasteiger partial charge is 0.772 e. The van der Waals surface area contributed by atoms with Gasteiger partial charge in [0.1, 0.15) is 0 Å². The molecule has 0 aromatic heterocycles. The van der Waals surface area contributed by atoms with Crippen molar-refractivity contribution in [1.82, 2.24) is 10.3 Å². The van der Waals surface area contributed by atoms with E-state index >= 15 is 0 Å². The van der Waals surface area contributed by atoms with Crippen LogP contribution in [0.5, 0.6) is 0 Å². The molecule has 0 unspecified atom stereocenters. The lowest BCUT2D eigenvalue weighted by molar-refractivity contribution is 0.0738. The Morgan fingerprint density at radius 2 is 1.62 bits per heavy atom.